The molecule has 1 atom stereocenters. The van der Waals surface area contributed by atoms with E-state index < -0.39 is 28.9 Å². The van der Waals surface area contributed by atoms with Crippen LogP contribution in [0.1, 0.15) is 78.9 Å². The Hall–Kier alpha value is -3.40. The van der Waals surface area contributed by atoms with Crippen LogP contribution in [0.3, 0.4) is 0 Å². The van der Waals surface area contributed by atoms with Crippen molar-refractivity contribution in [3.05, 3.63) is 38.4 Å². The number of aromatic nitrogens is 4. The molecule has 2 aromatic heterocycles. The monoisotopic (exact) mass is 780 g/mol. The summed E-state index contributed by atoms with van der Waals surface area (Å²) in [6.07, 6.45) is 4.68. The number of rotatable bonds is 8. The van der Waals surface area contributed by atoms with E-state index in [0.717, 1.165) is 33.2 Å². The molecule has 1 aliphatic carbocycles. The van der Waals surface area contributed by atoms with Gasteiger partial charge in [-0.3, -0.25) is 10.1 Å². The van der Waals surface area contributed by atoms with Crippen LogP contribution in [0.4, 0.5) is 21.1 Å². The van der Waals surface area contributed by atoms with E-state index in [1.54, 1.807) is 47.9 Å². The lowest BCUT2D eigenvalue weighted by molar-refractivity contribution is -0.127. The smallest absolute Gasteiger partial charge is 0.413 e. The van der Waals surface area contributed by atoms with Crippen molar-refractivity contribution >= 4 is 75.0 Å². The van der Waals surface area contributed by atoms with Gasteiger partial charge in [-0.25, -0.2) is 24.5 Å². The largest absolute Gasteiger partial charge is 0.444 e. The van der Waals surface area contributed by atoms with E-state index in [1.807, 2.05) is 10.6 Å². The molecule has 1 saturated heterocycles. The van der Waals surface area contributed by atoms with Gasteiger partial charge >= 0.3 is 12.2 Å². The Morgan fingerprint density at radius 3 is 2.36 bits per heavy atom. The molecule has 1 aromatic carbocycles. The Morgan fingerprint density at radius 1 is 1.04 bits per heavy atom. The summed E-state index contributed by atoms with van der Waals surface area (Å²) in [6.45, 7) is 13.9. The van der Waals surface area contributed by atoms with Gasteiger partial charge in [0.05, 0.1) is 24.4 Å². The van der Waals surface area contributed by atoms with Crippen molar-refractivity contribution in [3.63, 3.8) is 0 Å². The summed E-state index contributed by atoms with van der Waals surface area (Å²) in [7, 11) is 0. The lowest BCUT2D eigenvalue weighted by Crippen LogP contribution is -2.61. The van der Waals surface area contributed by atoms with Gasteiger partial charge in [0.1, 0.15) is 23.1 Å². The second-order valence-corrected chi connectivity index (χ2v) is 15.5. The SMILES string of the molecule is CCc1c(I)c(Cl)cc(N2CC[C@](NC(=O)OC(C)(C)C)(C(=O)NC3CC3)C2)c1Cn1cnc2c(NC(=O)OC(C)(C)C)ncnc21. The van der Waals surface area contributed by atoms with Gasteiger partial charge in [-0.05, 0) is 107 Å². The van der Waals surface area contributed by atoms with Crippen LogP contribution in [0.2, 0.25) is 5.02 Å². The van der Waals surface area contributed by atoms with Crippen molar-refractivity contribution in [3.8, 4) is 0 Å². The van der Waals surface area contributed by atoms with Crippen LogP contribution in [0.15, 0.2) is 18.7 Å². The van der Waals surface area contributed by atoms with Gasteiger partial charge in [0, 0.05) is 21.8 Å². The van der Waals surface area contributed by atoms with Gasteiger partial charge < -0.3 is 29.6 Å². The number of hydrogen-bond acceptors (Lipinski definition) is 9. The maximum atomic E-state index is 13.7. The summed E-state index contributed by atoms with van der Waals surface area (Å²) in [4.78, 5) is 54.6. The molecular weight excluding hydrogens is 739 g/mol. The summed E-state index contributed by atoms with van der Waals surface area (Å²) in [6, 6.07) is 2.04. The number of benzene rings is 1. The lowest BCUT2D eigenvalue weighted by atomic mass is 9.97. The third kappa shape index (κ3) is 8.19. The molecule has 0 unspecified atom stereocenters. The van der Waals surface area contributed by atoms with Crippen LogP contribution in [0.5, 0.6) is 0 Å². The summed E-state index contributed by atoms with van der Waals surface area (Å²) in [5.74, 6) is 0.0217. The topological polar surface area (TPSA) is 153 Å². The van der Waals surface area contributed by atoms with Gasteiger partial charge in [0.15, 0.2) is 17.0 Å². The van der Waals surface area contributed by atoms with Crippen molar-refractivity contribution in [2.24, 2.45) is 0 Å². The standard InChI is InChI=1S/C32H42ClIN8O5/c1-8-19-20(14-42-17-37-24-25(35-16-36-26(24)42)39-28(44)46-30(2,3)4)22(13-21(33)23(19)34)41-12-11-32(15-41,27(43)38-18-9-10-18)40-29(45)47-31(5,6)7/h13,16-18H,8-12,14-15H2,1-7H3,(H,38,43)(H,40,45)(H,35,36,39,44)/t32-/m1/s1. The van der Waals surface area contributed by atoms with E-state index >= 15 is 0 Å². The summed E-state index contributed by atoms with van der Waals surface area (Å²) in [5, 5.41) is 9.31. The number of fused-ring (bicyclic) bond motifs is 1. The van der Waals surface area contributed by atoms with Gasteiger partial charge in [0.2, 0.25) is 5.91 Å². The zero-order valence-corrected chi connectivity index (χ0v) is 30.7. The molecule has 15 heteroatoms. The fourth-order valence-electron chi connectivity index (χ4n) is 5.60. The molecular formula is C32H42ClIN8O5. The zero-order chi connectivity index (χ0) is 34.3. The van der Waals surface area contributed by atoms with E-state index in [-0.39, 0.29) is 24.3 Å². The molecule has 1 aliphatic heterocycles. The van der Waals surface area contributed by atoms with E-state index in [1.165, 1.54) is 6.33 Å². The minimum absolute atomic E-state index is 0.120. The Balaban J connectivity index is 1.49. The predicted octanol–water partition coefficient (Wildman–Crippen LogP) is 5.79. The summed E-state index contributed by atoms with van der Waals surface area (Å²) < 4.78 is 13.8. The van der Waals surface area contributed by atoms with Crippen LogP contribution < -0.4 is 20.9 Å². The van der Waals surface area contributed by atoms with E-state index in [4.69, 9.17) is 21.1 Å². The maximum absolute atomic E-state index is 13.7. The number of halogens is 2. The number of amides is 3. The second-order valence-electron chi connectivity index (χ2n) is 14.0. The molecule has 3 amide bonds. The van der Waals surface area contributed by atoms with Gasteiger partial charge in [-0.15, -0.1) is 0 Å². The molecule has 2 fully saturated rings. The Kier molecular flexibility index (Phi) is 9.84. The molecule has 47 heavy (non-hydrogen) atoms. The molecule has 0 spiro atoms. The molecule has 13 nitrogen and oxygen atoms in total. The quantitative estimate of drug-likeness (QED) is 0.241. The van der Waals surface area contributed by atoms with Gasteiger partial charge in [0.25, 0.3) is 0 Å². The van der Waals surface area contributed by atoms with E-state index in [0.29, 0.717) is 42.1 Å². The van der Waals surface area contributed by atoms with Gasteiger partial charge in [-0.2, -0.15) is 0 Å². The van der Waals surface area contributed by atoms with Crippen molar-refractivity contribution in [2.45, 2.75) is 103 Å². The van der Waals surface area contributed by atoms with Crippen molar-refractivity contribution < 1.29 is 23.9 Å². The normalized spacial score (nSPS) is 18.3. The number of carbonyl (C=O) groups is 3. The Labute approximate surface area is 293 Å². The average molecular weight is 781 g/mol. The zero-order valence-electron chi connectivity index (χ0n) is 27.8. The van der Waals surface area contributed by atoms with E-state index in [9.17, 15) is 14.4 Å². The first-order chi connectivity index (χ1) is 22.0. The van der Waals surface area contributed by atoms with Crippen molar-refractivity contribution in [2.75, 3.05) is 23.3 Å². The number of nitrogens with one attached hydrogen (secondary N) is 3. The number of hydrogen-bond donors (Lipinski definition) is 3. The third-order valence-electron chi connectivity index (χ3n) is 7.81. The molecule has 0 radical (unpaired) electrons. The Morgan fingerprint density at radius 2 is 1.72 bits per heavy atom. The number of ether oxygens (including phenoxy) is 2. The van der Waals surface area contributed by atoms with E-state index in [2.05, 4.69) is 65.3 Å². The molecule has 3 heterocycles. The minimum atomic E-state index is -1.19. The highest BCUT2D eigenvalue weighted by atomic mass is 127. The number of alkyl carbamates (subject to hydrolysis) is 1. The second kappa shape index (κ2) is 13.2. The average Bonchev–Trinajstić information content (AvgIpc) is 3.51. The summed E-state index contributed by atoms with van der Waals surface area (Å²) in [5.41, 5.74) is 1.23. The summed E-state index contributed by atoms with van der Waals surface area (Å²) >= 11 is 9.08. The maximum Gasteiger partial charge on any atom is 0.413 e. The Bertz CT molecular complexity index is 1700. The van der Waals surface area contributed by atoms with Crippen LogP contribution in [0, 0.1) is 3.57 Å². The first-order valence-electron chi connectivity index (χ1n) is 15.7. The molecule has 0 bridgehead atoms. The van der Waals surface area contributed by atoms with Crippen LogP contribution >= 0.6 is 34.2 Å². The van der Waals surface area contributed by atoms with Gasteiger partial charge in [-0.1, -0.05) is 18.5 Å². The number of anilines is 2. The molecule has 254 valence electrons. The number of carbonyl (C=O) groups excluding carboxylic acids is 3. The molecule has 2 aliphatic rings. The lowest BCUT2D eigenvalue weighted by Gasteiger charge is -2.32. The van der Waals surface area contributed by atoms with Crippen LogP contribution in [0.25, 0.3) is 11.2 Å². The van der Waals surface area contributed by atoms with Crippen LogP contribution in [-0.2, 0) is 27.2 Å². The fraction of sp³-hybridized carbons (Fsp3) is 0.562. The first-order valence-corrected chi connectivity index (χ1v) is 17.2. The van der Waals surface area contributed by atoms with Crippen LogP contribution in [-0.4, -0.2) is 73.5 Å². The number of imidazole rings is 1. The fourth-order valence-corrected chi connectivity index (χ4v) is 6.68. The molecule has 1 saturated carbocycles. The highest BCUT2D eigenvalue weighted by molar-refractivity contribution is 14.1. The molecule has 5 rings (SSSR count). The number of nitrogens with zero attached hydrogens (tertiary/aromatic N) is 5. The highest BCUT2D eigenvalue weighted by Crippen LogP contribution is 2.39. The molecule has 3 N–H and O–H groups in total. The molecule has 3 aromatic rings. The third-order valence-corrected chi connectivity index (χ3v) is 9.66. The minimum Gasteiger partial charge on any atom is -0.444 e. The first kappa shape index (κ1) is 34.9. The van der Waals surface area contributed by atoms with Crippen molar-refractivity contribution in [1.29, 1.82) is 0 Å². The van der Waals surface area contributed by atoms with Crippen molar-refractivity contribution in [1.82, 2.24) is 30.2 Å². The predicted molar refractivity (Wildman–Crippen MR) is 188 cm³/mol. The highest BCUT2D eigenvalue weighted by Gasteiger charge is 2.48.